The van der Waals surface area contributed by atoms with Crippen LogP contribution in [0.25, 0.3) is 10.2 Å². The summed E-state index contributed by atoms with van der Waals surface area (Å²) in [5.74, 6) is -0.375. The summed E-state index contributed by atoms with van der Waals surface area (Å²) in [4.78, 5) is 46.0. The van der Waals surface area contributed by atoms with Crippen LogP contribution in [0.3, 0.4) is 0 Å². The van der Waals surface area contributed by atoms with Gasteiger partial charge in [-0.15, -0.1) is 11.3 Å². The maximum Gasteiger partial charge on any atom is 0.255 e. The third-order valence-corrected chi connectivity index (χ3v) is 7.54. The second kappa shape index (κ2) is 13.1. The Balaban J connectivity index is 1.33. The van der Waals surface area contributed by atoms with Gasteiger partial charge >= 0.3 is 0 Å². The van der Waals surface area contributed by atoms with Crippen LogP contribution in [-0.2, 0) is 11.2 Å². The molecule has 0 aliphatic heterocycles. The molecule has 0 aliphatic carbocycles. The van der Waals surface area contributed by atoms with Crippen LogP contribution in [0.15, 0.2) is 103 Å². The topological polar surface area (TPSA) is 101 Å². The van der Waals surface area contributed by atoms with Gasteiger partial charge in [0.15, 0.2) is 0 Å². The number of carbonyl (C=O) groups is 3. The smallest absolute Gasteiger partial charge is 0.255 e. The standard InChI is InChI=1S/C33H30N4O4S/c1-3-41-27-15-12-25(13-16-27)35-31(38)23-10-7-11-24(19-23)32(39)36-29(18-22-8-5-4-6-9-22)33(40)37(2)26-14-17-30-28(20-26)34-21-42-30/h4-17,19-21,29H,3,18H2,1-2H3,(H,35,38)(H,36,39)/t29-/m0/s1. The van der Waals surface area contributed by atoms with Crippen LogP contribution in [0, 0.1) is 0 Å². The fourth-order valence-corrected chi connectivity index (χ4v) is 5.17. The first kappa shape index (κ1) is 28.5. The number of amides is 3. The Bertz CT molecular complexity index is 1700. The Morgan fingerprint density at radius 1 is 0.881 bits per heavy atom. The molecule has 0 aliphatic rings. The molecule has 5 aromatic rings. The number of carbonyl (C=O) groups excluding carboxylic acids is 3. The molecule has 212 valence electrons. The van der Waals surface area contributed by atoms with Crippen LogP contribution >= 0.6 is 11.3 Å². The first-order valence-electron chi connectivity index (χ1n) is 13.5. The molecule has 42 heavy (non-hydrogen) atoms. The summed E-state index contributed by atoms with van der Waals surface area (Å²) in [6.07, 6.45) is 0.298. The zero-order chi connectivity index (χ0) is 29.5. The summed E-state index contributed by atoms with van der Waals surface area (Å²) in [5, 5.41) is 5.75. The summed E-state index contributed by atoms with van der Waals surface area (Å²) in [5.41, 5.74) is 5.35. The van der Waals surface area contributed by atoms with Crippen LogP contribution < -0.4 is 20.3 Å². The lowest BCUT2D eigenvalue weighted by Crippen LogP contribution is -2.48. The maximum absolute atomic E-state index is 13.8. The van der Waals surface area contributed by atoms with Crippen LogP contribution in [0.2, 0.25) is 0 Å². The molecule has 5 rings (SSSR count). The predicted molar refractivity (Wildman–Crippen MR) is 166 cm³/mol. The number of nitrogens with zero attached hydrogens (tertiary/aromatic N) is 2. The van der Waals surface area contributed by atoms with E-state index in [1.54, 1.807) is 55.0 Å². The van der Waals surface area contributed by atoms with Crippen LogP contribution in [0.1, 0.15) is 33.2 Å². The van der Waals surface area contributed by atoms with Crippen molar-refractivity contribution in [3.05, 3.63) is 119 Å². The molecule has 0 bridgehead atoms. The number of likely N-dealkylation sites (N-methyl/N-ethyl adjacent to an activating group) is 1. The molecule has 1 atom stereocenters. The highest BCUT2D eigenvalue weighted by Gasteiger charge is 2.26. The summed E-state index contributed by atoms with van der Waals surface area (Å²) in [7, 11) is 1.69. The molecule has 0 unspecified atom stereocenters. The summed E-state index contributed by atoms with van der Waals surface area (Å²) in [6, 6.07) is 27.8. The van der Waals surface area contributed by atoms with E-state index < -0.39 is 11.9 Å². The molecule has 0 saturated carbocycles. The van der Waals surface area contributed by atoms with Crippen molar-refractivity contribution in [3.63, 3.8) is 0 Å². The summed E-state index contributed by atoms with van der Waals surface area (Å²) < 4.78 is 6.47. The number of thiazole rings is 1. The van der Waals surface area contributed by atoms with Crippen LogP contribution in [-0.4, -0.2) is 42.4 Å². The molecule has 4 aromatic carbocycles. The number of nitrogens with one attached hydrogen (secondary N) is 2. The molecule has 0 saturated heterocycles. The predicted octanol–water partition coefficient (Wildman–Crippen LogP) is 5.95. The molecular weight excluding hydrogens is 548 g/mol. The van der Waals surface area contributed by atoms with Crippen molar-refractivity contribution in [3.8, 4) is 5.75 Å². The first-order chi connectivity index (χ1) is 20.4. The fraction of sp³-hybridized carbons (Fsp3) is 0.152. The van der Waals surface area contributed by atoms with Gasteiger partial charge in [-0.2, -0.15) is 0 Å². The Labute approximate surface area is 248 Å². The zero-order valence-corrected chi connectivity index (χ0v) is 24.1. The second-order valence-corrected chi connectivity index (χ2v) is 10.5. The van der Waals surface area contributed by atoms with Crippen LogP contribution in [0.5, 0.6) is 5.75 Å². The number of hydrogen-bond donors (Lipinski definition) is 2. The van der Waals surface area contributed by atoms with Crippen molar-refractivity contribution in [2.45, 2.75) is 19.4 Å². The number of aromatic nitrogens is 1. The molecule has 0 fully saturated rings. The molecule has 1 heterocycles. The van der Waals surface area contributed by atoms with Crippen molar-refractivity contribution in [1.82, 2.24) is 10.3 Å². The third-order valence-electron chi connectivity index (χ3n) is 6.73. The fourth-order valence-electron chi connectivity index (χ4n) is 4.51. The number of benzene rings is 4. The molecule has 2 N–H and O–H groups in total. The minimum atomic E-state index is -0.850. The number of anilines is 2. The maximum atomic E-state index is 13.8. The van der Waals surface area contributed by atoms with Gasteiger partial charge in [0.1, 0.15) is 11.8 Å². The van der Waals surface area contributed by atoms with E-state index in [-0.39, 0.29) is 17.4 Å². The quantitative estimate of drug-likeness (QED) is 0.213. The van der Waals surface area contributed by atoms with Crippen molar-refractivity contribution < 1.29 is 19.1 Å². The van der Waals surface area contributed by atoms with E-state index in [4.69, 9.17) is 4.74 Å². The Morgan fingerprint density at radius 2 is 1.62 bits per heavy atom. The molecule has 9 heteroatoms. The zero-order valence-electron chi connectivity index (χ0n) is 23.2. The molecular formula is C33H30N4O4S. The van der Waals surface area contributed by atoms with Crippen LogP contribution in [0.4, 0.5) is 11.4 Å². The minimum Gasteiger partial charge on any atom is -0.494 e. The normalized spacial score (nSPS) is 11.5. The average Bonchev–Trinajstić information content (AvgIpc) is 3.50. The van der Waals surface area contributed by atoms with Crippen molar-refractivity contribution in [1.29, 1.82) is 0 Å². The summed E-state index contributed by atoms with van der Waals surface area (Å²) in [6.45, 7) is 2.46. The van der Waals surface area contributed by atoms with E-state index >= 15 is 0 Å². The second-order valence-electron chi connectivity index (χ2n) is 9.61. The lowest BCUT2D eigenvalue weighted by Gasteiger charge is -2.25. The highest BCUT2D eigenvalue weighted by Crippen LogP contribution is 2.24. The van der Waals surface area contributed by atoms with Gasteiger partial charge in [0, 0.05) is 36.0 Å². The molecule has 1 aromatic heterocycles. The van der Waals surface area contributed by atoms with Gasteiger partial charge in [0.25, 0.3) is 11.8 Å². The first-order valence-corrected chi connectivity index (χ1v) is 14.4. The third kappa shape index (κ3) is 6.82. The van der Waals surface area contributed by atoms with E-state index in [1.807, 2.05) is 55.5 Å². The van der Waals surface area contributed by atoms with Gasteiger partial charge < -0.3 is 20.3 Å². The van der Waals surface area contributed by atoms with Gasteiger partial charge in [-0.05, 0) is 73.2 Å². The van der Waals surface area contributed by atoms with Crippen molar-refractivity contribution in [2.75, 3.05) is 23.9 Å². The highest BCUT2D eigenvalue weighted by atomic mass is 32.1. The van der Waals surface area contributed by atoms with Gasteiger partial charge in [-0.1, -0.05) is 36.4 Å². The van der Waals surface area contributed by atoms with Gasteiger partial charge in [-0.25, -0.2) is 4.98 Å². The molecule has 0 radical (unpaired) electrons. The molecule has 0 spiro atoms. The van der Waals surface area contributed by atoms with E-state index in [0.717, 1.165) is 15.8 Å². The summed E-state index contributed by atoms with van der Waals surface area (Å²) >= 11 is 1.53. The van der Waals surface area contributed by atoms with E-state index in [9.17, 15) is 14.4 Å². The van der Waals surface area contributed by atoms with Gasteiger partial charge in [0.05, 0.1) is 22.3 Å². The van der Waals surface area contributed by atoms with Crippen molar-refractivity contribution >= 4 is 50.6 Å². The average molecular weight is 579 g/mol. The monoisotopic (exact) mass is 578 g/mol. The number of hydrogen-bond acceptors (Lipinski definition) is 6. The highest BCUT2D eigenvalue weighted by molar-refractivity contribution is 7.16. The van der Waals surface area contributed by atoms with E-state index in [0.29, 0.717) is 35.7 Å². The number of fused-ring (bicyclic) bond motifs is 1. The Kier molecular flexibility index (Phi) is 8.89. The Hall–Kier alpha value is -5.02. The largest absolute Gasteiger partial charge is 0.494 e. The van der Waals surface area contributed by atoms with Gasteiger partial charge in [-0.3, -0.25) is 14.4 Å². The lowest BCUT2D eigenvalue weighted by atomic mass is 10.0. The van der Waals surface area contributed by atoms with Gasteiger partial charge in [0.2, 0.25) is 5.91 Å². The lowest BCUT2D eigenvalue weighted by molar-refractivity contribution is -0.120. The molecule has 3 amide bonds. The molecule has 8 nitrogen and oxygen atoms in total. The minimum absolute atomic E-state index is 0.270. The number of rotatable bonds is 10. The SMILES string of the molecule is CCOc1ccc(NC(=O)c2cccc(C(=O)N[C@@H](Cc3ccccc3)C(=O)N(C)c3ccc4scnc4c3)c2)cc1. The van der Waals surface area contributed by atoms with Crippen molar-refractivity contribution in [2.24, 2.45) is 0 Å². The van der Waals surface area contributed by atoms with E-state index in [2.05, 4.69) is 15.6 Å². The Morgan fingerprint density at radius 3 is 2.36 bits per heavy atom. The number of ether oxygens (including phenoxy) is 1. The van der Waals surface area contributed by atoms with E-state index in [1.165, 1.54) is 22.3 Å².